The molecule has 1 atom stereocenters. The van der Waals surface area contributed by atoms with Crippen LogP contribution < -0.4 is 10.0 Å². The first-order chi connectivity index (χ1) is 10.9. The molecule has 1 heterocycles. The molecule has 0 saturated carbocycles. The predicted molar refractivity (Wildman–Crippen MR) is 87.1 cm³/mol. The Kier molecular flexibility index (Phi) is 5.51. The Labute approximate surface area is 135 Å². The summed E-state index contributed by atoms with van der Waals surface area (Å²) in [5.41, 5.74) is 0.909. The Morgan fingerprint density at radius 3 is 2.57 bits per heavy atom. The van der Waals surface area contributed by atoms with Crippen molar-refractivity contribution >= 4 is 15.9 Å². The lowest BCUT2D eigenvalue weighted by atomic mass is 10.1. The molecule has 1 aromatic heterocycles. The second-order valence-electron chi connectivity index (χ2n) is 5.22. The zero-order valence-corrected chi connectivity index (χ0v) is 13.9. The van der Waals surface area contributed by atoms with Crippen LogP contribution in [0.25, 0.3) is 0 Å². The van der Waals surface area contributed by atoms with Gasteiger partial charge in [-0.3, -0.25) is 4.79 Å². The van der Waals surface area contributed by atoms with Crippen LogP contribution in [0.2, 0.25) is 0 Å². The van der Waals surface area contributed by atoms with Crippen LogP contribution in [0.15, 0.2) is 42.7 Å². The van der Waals surface area contributed by atoms with Crippen molar-refractivity contribution in [2.75, 3.05) is 12.8 Å². The first kappa shape index (κ1) is 17.2. The topological polar surface area (TPSA) is 93.1 Å². The molecular formula is C15H20N4O3S. The van der Waals surface area contributed by atoms with Crippen molar-refractivity contribution in [2.45, 2.75) is 12.5 Å². The second kappa shape index (κ2) is 7.38. The molecule has 0 aliphatic rings. The van der Waals surface area contributed by atoms with Gasteiger partial charge in [-0.1, -0.05) is 30.3 Å². The Morgan fingerprint density at radius 2 is 2.00 bits per heavy atom. The maximum absolute atomic E-state index is 12.1. The molecule has 0 saturated heterocycles. The Morgan fingerprint density at radius 1 is 1.30 bits per heavy atom. The molecule has 0 spiro atoms. The number of aryl methyl sites for hydroxylation is 1. The quantitative estimate of drug-likeness (QED) is 0.773. The van der Waals surface area contributed by atoms with Crippen molar-refractivity contribution in [3.05, 3.63) is 54.1 Å². The number of sulfonamides is 1. The third-order valence-corrected chi connectivity index (χ3v) is 4.00. The molecule has 0 radical (unpaired) electrons. The van der Waals surface area contributed by atoms with Crippen LogP contribution in [0.3, 0.4) is 0 Å². The summed E-state index contributed by atoms with van der Waals surface area (Å²) in [6.45, 7) is 0.0622. The van der Waals surface area contributed by atoms with Crippen molar-refractivity contribution in [1.29, 1.82) is 0 Å². The molecule has 8 heteroatoms. The van der Waals surface area contributed by atoms with E-state index in [0.29, 0.717) is 5.82 Å². The Hall–Kier alpha value is -2.19. The molecule has 1 aromatic carbocycles. The van der Waals surface area contributed by atoms with E-state index >= 15 is 0 Å². The maximum Gasteiger partial charge on any atom is 0.222 e. The zero-order valence-electron chi connectivity index (χ0n) is 13.1. The van der Waals surface area contributed by atoms with E-state index in [-0.39, 0.29) is 24.9 Å². The highest BCUT2D eigenvalue weighted by Gasteiger charge is 2.20. The van der Waals surface area contributed by atoms with Gasteiger partial charge in [-0.25, -0.2) is 18.1 Å². The minimum Gasteiger partial charge on any atom is -0.342 e. The maximum atomic E-state index is 12.1. The first-order valence-corrected chi connectivity index (χ1v) is 9.02. The zero-order chi connectivity index (χ0) is 16.9. The Balaban J connectivity index is 2.10. The summed E-state index contributed by atoms with van der Waals surface area (Å²) in [7, 11) is -1.44. The summed E-state index contributed by atoms with van der Waals surface area (Å²) in [4.78, 5) is 16.4. The molecule has 0 bridgehead atoms. The van der Waals surface area contributed by atoms with Gasteiger partial charge in [-0.15, -0.1) is 0 Å². The summed E-state index contributed by atoms with van der Waals surface area (Å²) in [5.74, 6) is 0.457. The molecule has 7 nitrogen and oxygen atoms in total. The van der Waals surface area contributed by atoms with Crippen LogP contribution in [0.1, 0.15) is 23.9 Å². The minimum absolute atomic E-state index is 0.0564. The first-order valence-electron chi connectivity index (χ1n) is 7.13. The van der Waals surface area contributed by atoms with Crippen LogP contribution >= 0.6 is 0 Å². The lowest BCUT2D eigenvalue weighted by Gasteiger charge is -2.19. The number of hydrogen-bond donors (Lipinski definition) is 2. The highest BCUT2D eigenvalue weighted by molar-refractivity contribution is 7.88. The number of nitrogens with zero attached hydrogens (tertiary/aromatic N) is 2. The summed E-state index contributed by atoms with van der Waals surface area (Å²) in [6.07, 6.45) is 4.59. The van der Waals surface area contributed by atoms with E-state index in [2.05, 4.69) is 15.0 Å². The number of aromatic nitrogens is 2. The van der Waals surface area contributed by atoms with Crippen molar-refractivity contribution in [3.8, 4) is 0 Å². The van der Waals surface area contributed by atoms with Crippen molar-refractivity contribution in [1.82, 2.24) is 19.6 Å². The normalized spacial score (nSPS) is 12.8. The minimum atomic E-state index is -3.30. The van der Waals surface area contributed by atoms with Gasteiger partial charge in [0, 0.05) is 32.4 Å². The predicted octanol–water partition coefficient (Wildman–Crippen LogP) is 0.565. The average Bonchev–Trinajstić information content (AvgIpc) is 2.90. The van der Waals surface area contributed by atoms with E-state index in [1.807, 2.05) is 48.1 Å². The molecule has 0 fully saturated rings. The molecule has 2 N–H and O–H groups in total. The lowest BCUT2D eigenvalue weighted by Crippen LogP contribution is -2.34. The van der Waals surface area contributed by atoms with Crippen molar-refractivity contribution < 1.29 is 13.2 Å². The number of rotatable bonds is 7. The van der Waals surface area contributed by atoms with E-state index in [1.165, 1.54) is 0 Å². The number of hydrogen-bond acceptors (Lipinski definition) is 4. The molecule has 0 aliphatic carbocycles. The third kappa shape index (κ3) is 5.19. The van der Waals surface area contributed by atoms with E-state index in [4.69, 9.17) is 0 Å². The number of carbonyl (C=O) groups is 1. The van der Waals surface area contributed by atoms with Crippen LogP contribution in [0, 0.1) is 0 Å². The highest BCUT2D eigenvalue weighted by atomic mass is 32.2. The fourth-order valence-corrected chi connectivity index (χ4v) is 2.65. The van der Waals surface area contributed by atoms with Gasteiger partial charge in [0.1, 0.15) is 11.9 Å². The number of benzene rings is 1. The molecular weight excluding hydrogens is 316 g/mol. The van der Waals surface area contributed by atoms with E-state index in [0.717, 1.165) is 11.8 Å². The number of nitrogens with one attached hydrogen (secondary N) is 2. The lowest BCUT2D eigenvalue weighted by molar-refractivity contribution is -0.121. The smallest absolute Gasteiger partial charge is 0.222 e. The largest absolute Gasteiger partial charge is 0.342 e. The summed E-state index contributed by atoms with van der Waals surface area (Å²) < 4.78 is 26.2. The number of imidazole rings is 1. The third-order valence-electron chi connectivity index (χ3n) is 3.27. The molecule has 23 heavy (non-hydrogen) atoms. The number of carbonyl (C=O) groups excluding carboxylic acids is 1. The summed E-state index contributed by atoms with van der Waals surface area (Å²) in [6, 6.07) is 9.12. The van der Waals surface area contributed by atoms with E-state index < -0.39 is 10.0 Å². The summed E-state index contributed by atoms with van der Waals surface area (Å²) >= 11 is 0. The molecule has 2 aromatic rings. The van der Waals surface area contributed by atoms with Gasteiger partial charge in [0.15, 0.2) is 0 Å². The van der Waals surface area contributed by atoms with Crippen LogP contribution in [0.4, 0.5) is 0 Å². The molecule has 1 unspecified atom stereocenters. The van der Waals surface area contributed by atoms with Crippen LogP contribution in [-0.4, -0.2) is 36.7 Å². The fraction of sp³-hybridized carbons (Fsp3) is 0.333. The van der Waals surface area contributed by atoms with Crippen LogP contribution in [0.5, 0.6) is 0 Å². The molecule has 0 aliphatic heterocycles. The van der Waals surface area contributed by atoms with E-state index in [1.54, 1.807) is 6.20 Å². The SMILES string of the molecule is Cn1ccnc1C(NC(=O)CCNS(C)(=O)=O)c1ccccc1. The van der Waals surface area contributed by atoms with Gasteiger partial charge in [0.25, 0.3) is 0 Å². The molecule has 1 amide bonds. The molecule has 124 valence electrons. The van der Waals surface area contributed by atoms with Gasteiger partial charge >= 0.3 is 0 Å². The average molecular weight is 336 g/mol. The monoisotopic (exact) mass is 336 g/mol. The van der Waals surface area contributed by atoms with Gasteiger partial charge in [0.05, 0.1) is 6.26 Å². The molecule has 2 rings (SSSR count). The van der Waals surface area contributed by atoms with E-state index in [9.17, 15) is 13.2 Å². The standard InChI is InChI=1S/C15H20N4O3S/c1-19-11-10-16-15(19)14(12-6-4-3-5-7-12)18-13(20)8-9-17-23(2,21)22/h3-7,10-11,14,17H,8-9H2,1-2H3,(H,18,20). The van der Waals surface area contributed by atoms with Crippen LogP contribution in [-0.2, 0) is 21.9 Å². The number of amides is 1. The summed E-state index contributed by atoms with van der Waals surface area (Å²) in [5, 5.41) is 2.91. The second-order valence-corrected chi connectivity index (χ2v) is 7.06. The van der Waals surface area contributed by atoms with Gasteiger partial charge in [-0.05, 0) is 5.56 Å². The fourth-order valence-electron chi connectivity index (χ4n) is 2.18. The highest BCUT2D eigenvalue weighted by Crippen LogP contribution is 2.20. The van der Waals surface area contributed by atoms with Gasteiger partial charge in [-0.2, -0.15) is 0 Å². The van der Waals surface area contributed by atoms with Gasteiger partial charge in [0.2, 0.25) is 15.9 Å². The van der Waals surface area contributed by atoms with Gasteiger partial charge < -0.3 is 9.88 Å². The Bertz CT molecular complexity index is 756. The van der Waals surface area contributed by atoms with Crippen molar-refractivity contribution in [2.24, 2.45) is 7.05 Å². The van der Waals surface area contributed by atoms with Crippen molar-refractivity contribution in [3.63, 3.8) is 0 Å².